The van der Waals surface area contributed by atoms with Gasteiger partial charge in [-0.15, -0.1) is 0 Å². The molecule has 2 atom stereocenters. The quantitative estimate of drug-likeness (QED) is 0.0588. The smallest absolute Gasteiger partial charge is 0.428 e. The van der Waals surface area contributed by atoms with E-state index in [0.717, 1.165) is 62.5 Å². The van der Waals surface area contributed by atoms with Gasteiger partial charge in [-0.3, -0.25) is 0 Å². The molecule has 0 bridgehead atoms. The highest BCUT2D eigenvalue weighted by Crippen LogP contribution is 2.26. The number of carbonyl (C=O) groups excluding carboxylic acids is 1. The van der Waals surface area contributed by atoms with Crippen LogP contribution in [0.3, 0.4) is 0 Å². The van der Waals surface area contributed by atoms with Crippen molar-refractivity contribution in [1.82, 2.24) is 0 Å². The zero-order valence-corrected chi connectivity index (χ0v) is 26.8. The van der Waals surface area contributed by atoms with Gasteiger partial charge in [0.2, 0.25) is 0 Å². The molecule has 2 aromatic carbocycles. The zero-order valence-electron chi connectivity index (χ0n) is 26.8. The van der Waals surface area contributed by atoms with Crippen LogP contribution >= 0.6 is 0 Å². The molecule has 0 spiro atoms. The van der Waals surface area contributed by atoms with E-state index < -0.39 is 29.6 Å². The highest BCUT2D eigenvalue weighted by Gasteiger charge is 2.27. The Hall–Kier alpha value is -2.45. The maximum Gasteiger partial charge on any atom is 0.508 e. The highest BCUT2D eigenvalue weighted by atomic mass is 17.2. The Bertz CT molecular complexity index is 884. The predicted octanol–water partition coefficient (Wildman–Crippen LogP) is 9.58. The molecule has 7 heteroatoms. The Labute approximate surface area is 254 Å². The molecule has 0 saturated heterocycles. The predicted molar refractivity (Wildman–Crippen MR) is 166 cm³/mol. The topological polar surface area (TPSA) is 72.5 Å². The van der Waals surface area contributed by atoms with Gasteiger partial charge in [0, 0.05) is 0 Å². The summed E-state index contributed by atoms with van der Waals surface area (Å²) in [5.74, 6) is 0. The Balaban J connectivity index is 1.94. The van der Waals surface area contributed by atoms with Crippen LogP contribution in [0.25, 0.3) is 0 Å². The lowest BCUT2D eigenvalue weighted by atomic mass is 9.99. The summed E-state index contributed by atoms with van der Waals surface area (Å²) in [6.45, 7) is 12.3. The molecule has 2 rings (SSSR count). The molecule has 0 fully saturated rings. The van der Waals surface area contributed by atoms with Crippen molar-refractivity contribution in [3.05, 3.63) is 71.8 Å². The first-order valence-electron chi connectivity index (χ1n) is 15.8. The summed E-state index contributed by atoms with van der Waals surface area (Å²) in [4.78, 5) is 35.8. The standard InChI is InChI=1S/C35H54O7/c1-7-9-11-19-25-31(27-37-41-34(3,4)29-21-15-13-16-22-29)39-33(36)40-32(26-20-12-10-8-2)28-38-42-35(5,6)30-23-17-14-18-24-30/h13-18,21-24,31-32H,7-12,19-20,25-28H2,1-6H3. The van der Waals surface area contributed by atoms with Crippen LogP contribution in [0.1, 0.15) is 117 Å². The second-order valence-corrected chi connectivity index (χ2v) is 11.9. The third-order valence-electron chi connectivity index (χ3n) is 7.27. The van der Waals surface area contributed by atoms with Crippen molar-refractivity contribution in [2.75, 3.05) is 13.2 Å². The van der Waals surface area contributed by atoms with Crippen LogP contribution in [0.4, 0.5) is 4.79 Å². The van der Waals surface area contributed by atoms with Crippen molar-refractivity contribution in [1.29, 1.82) is 0 Å². The second kappa shape index (κ2) is 19.7. The summed E-state index contributed by atoms with van der Waals surface area (Å²) in [6.07, 6.45) is 8.09. The van der Waals surface area contributed by atoms with E-state index in [1.165, 1.54) is 0 Å². The van der Waals surface area contributed by atoms with Gasteiger partial charge in [-0.1, -0.05) is 113 Å². The van der Waals surface area contributed by atoms with E-state index in [1.807, 2.05) is 88.4 Å². The van der Waals surface area contributed by atoms with Gasteiger partial charge in [-0.05, 0) is 64.5 Å². The monoisotopic (exact) mass is 586 g/mol. The summed E-state index contributed by atoms with van der Waals surface area (Å²) >= 11 is 0. The average molecular weight is 587 g/mol. The van der Waals surface area contributed by atoms with Crippen molar-refractivity contribution in [2.45, 2.75) is 129 Å². The van der Waals surface area contributed by atoms with Gasteiger partial charge in [0.1, 0.15) is 36.6 Å². The first kappa shape index (κ1) is 35.7. The maximum atomic E-state index is 13.0. The van der Waals surface area contributed by atoms with Crippen LogP contribution in [0, 0.1) is 0 Å². The molecule has 0 aliphatic heterocycles. The van der Waals surface area contributed by atoms with E-state index >= 15 is 0 Å². The van der Waals surface area contributed by atoms with Crippen LogP contribution in [0.5, 0.6) is 0 Å². The summed E-state index contributed by atoms with van der Waals surface area (Å²) in [6, 6.07) is 19.8. The molecule has 0 heterocycles. The Morgan fingerprint density at radius 1 is 0.595 bits per heavy atom. The molecule has 0 amide bonds. The van der Waals surface area contributed by atoms with Crippen LogP contribution in [-0.4, -0.2) is 31.6 Å². The van der Waals surface area contributed by atoms with E-state index in [9.17, 15) is 4.79 Å². The van der Waals surface area contributed by atoms with Crippen molar-refractivity contribution in [3.63, 3.8) is 0 Å². The number of benzene rings is 2. The van der Waals surface area contributed by atoms with Gasteiger partial charge < -0.3 is 9.47 Å². The second-order valence-electron chi connectivity index (χ2n) is 11.9. The largest absolute Gasteiger partial charge is 0.508 e. The summed E-state index contributed by atoms with van der Waals surface area (Å²) < 4.78 is 11.5. The summed E-state index contributed by atoms with van der Waals surface area (Å²) in [5, 5.41) is 0. The minimum atomic E-state index is -0.729. The fraction of sp³-hybridized carbons (Fsp3) is 0.629. The molecule has 0 aliphatic rings. The SMILES string of the molecule is CCCCCCC(COOC(C)(C)c1ccccc1)OC(=O)OC(CCCCCC)COOC(C)(C)c1ccccc1. The zero-order chi connectivity index (χ0) is 30.7. The summed E-state index contributed by atoms with van der Waals surface area (Å²) in [5.41, 5.74) is 0.688. The third-order valence-corrected chi connectivity index (χ3v) is 7.27. The lowest BCUT2D eigenvalue weighted by Crippen LogP contribution is -2.31. The molecule has 0 radical (unpaired) electrons. The number of rotatable bonds is 22. The minimum Gasteiger partial charge on any atom is -0.428 e. The average Bonchev–Trinajstić information content (AvgIpc) is 2.98. The van der Waals surface area contributed by atoms with Gasteiger partial charge in [-0.25, -0.2) is 24.3 Å². The molecule has 7 nitrogen and oxygen atoms in total. The van der Waals surface area contributed by atoms with E-state index in [-0.39, 0.29) is 13.2 Å². The first-order valence-corrected chi connectivity index (χ1v) is 15.8. The van der Waals surface area contributed by atoms with Gasteiger partial charge in [-0.2, -0.15) is 0 Å². The molecule has 2 unspecified atom stereocenters. The molecule has 2 aromatic rings. The number of carbonyl (C=O) groups is 1. The minimum absolute atomic E-state index is 0.115. The van der Waals surface area contributed by atoms with Crippen molar-refractivity contribution < 1.29 is 33.8 Å². The molecule has 236 valence electrons. The molecule has 0 saturated carbocycles. The summed E-state index contributed by atoms with van der Waals surface area (Å²) in [7, 11) is 0. The fourth-order valence-corrected chi connectivity index (χ4v) is 4.54. The van der Waals surface area contributed by atoms with Crippen LogP contribution in [0.2, 0.25) is 0 Å². The molecule has 0 N–H and O–H groups in total. The lowest BCUT2D eigenvalue weighted by Gasteiger charge is -2.27. The number of unbranched alkanes of at least 4 members (excludes halogenated alkanes) is 6. The highest BCUT2D eigenvalue weighted by molar-refractivity contribution is 5.60. The van der Waals surface area contributed by atoms with E-state index in [1.54, 1.807) is 0 Å². The fourth-order valence-electron chi connectivity index (χ4n) is 4.54. The van der Waals surface area contributed by atoms with E-state index in [4.69, 9.17) is 29.0 Å². The van der Waals surface area contributed by atoms with Crippen LogP contribution in [0.15, 0.2) is 60.7 Å². The molecule has 42 heavy (non-hydrogen) atoms. The third kappa shape index (κ3) is 14.1. The van der Waals surface area contributed by atoms with Crippen LogP contribution in [-0.2, 0) is 40.2 Å². The normalized spacial score (nSPS) is 13.5. The number of hydrogen-bond acceptors (Lipinski definition) is 7. The number of hydrogen-bond donors (Lipinski definition) is 0. The first-order chi connectivity index (χ1) is 20.2. The van der Waals surface area contributed by atoms with Crippen molar-refractivity contribution in [3.8, 4) is 0 Å². The molecule has 0 aromatic heterocycles. The molecular weight excluding hydrogens is 532 g/mol. The van der Waals surface area contributed by atoms with Gasteiger partial charge in [0.15, 0.2) is 0 Å². The number of ether oxygens (including phenoxy) is 2. The Kier molecular flexibility index (Phi) is 16.8. The maximum absolute atomic E-state index is 13.0. The van der Waals surface area contributed by atoms with Crippen molar-refractivity contribution >= 4 is 6.16 Å². The van der Waals surface area contributed by atoms with E-state index in [2.05, 4.69) is 13.8 Å². The molecule has 0 aliphatic carbocycles. The van der Waals surface area contributed by atoms with Gasteiger partial charge in [0.05, 0.1) is 0 Å². The van der Waals surface area contributed by atoms with Crippen LogP contribution < -0.4 is 0 Å². The Morgan fingerprint density at radius 2 is 0.976 bits per heavy atom. The molecular formula is C35H54O7. The Morgan fingerprint density at radius 3 is 1.33 bits per heavy atom. The van der Waals surface area contributed by atoms with E-state index in [0.29, 0.717) is 12.8 Å². The van der Waals surface area contributed by atoms with Gasteiger partial charge >= 0.3 is 6.16 Å². The van der Waals surface area contributed by atoms with Crippen molar-refractivity contribution in [2.24, 2.45) is 0 Å². The van der Waals surface area contributed by atoms with Gasteiger partial charge in [0.25, 0.3) is 0 Å². The lowest BCUT2D eigenvalue weighted by molar-refractivity contribution is -0.367.